The van der Waals surface area contributed by atoms with Crippen molar-refractivity contribution in [3.8, 4) is 0 Å². The first-order valence-corrected chi connectivity index (χ1v) is 7.00. The number of thiophene rings is 1. The molecule has 0 aliphatic heterocycles. The lowest BCUT2D eigenvalue weighted by atomic mass is 10.2. The largest absolute Gasteiger partial charge is 0.383 e. The molecule has 0 aromatic carbocycles. The molecule has 1 aliphatic carbocycles. The Morgan fingerprint density at radius 1 is 1.59 bits per heavy atom. The Balaban J connectivity index is 1.79. The Morgan fingerprint density at radius 2 is 2.41 bits per heavy atom. The van der Waals surface area contributed by atoms with Crippen LogP contribution in [0.25, 0.3) is 0 Å². The van der Waals surface area contributed by atoms with Gasteiger partial charge in [-0.15, -0.1) is 11.3 Å². The van der Waals surface area contributed by atoms with Crippen molar-refractivity contribution >= 4 is 17.2 Å². The number of ether oxygens (including phenoxy) is 1. The van der Waals surface area contributed by atoms with Gasteiger partial charge in [-0.3, -0.25) is 4.79 Å². The number of carbonyl (C=O) groups is 1. The fraction of sp³-hybridized carbons (Fsp3) is 0.615. The zero-order valence-corrected chi connectivity index (χ0v) is 11.0. The van der Waals surface area contributed by atoms with Crippen molar-refractivity contribution in [1.29, 1.82) is 0 Å². The van der Waals surface area contributed by atoms with Gasteiger partial charge in [-0.05, 0) is 30.7 Å². The van der Waals surface area contributed by atoms with E-state index in [2.05, 4.69) is 11.4 Å². The molecule has 0 unspecified atom stereocenters. The highest BCUT2D eigenvalue weighted by molar-refractivity contribution is 7.09. The van der Waals surface area contributed by atoms with E-state index in [1.54, 1.807) is 18.4 Å². The highest BCUT2D eigenvalue weighted by atomic mass is 32.1. The molecule has 1 aromatic heterocycles. The number of methoxy groups -OCH3 is 1. The van der Waals surface area contributed by atoms with Crippen molar-refractivity contribution in [2.45, 2.75) is 31.7 Å². The minimum Gasteiger partial charge on any atom is -0.383 e. The molecule has 0 N–H and O–H groups in total. The van der Waals surface area contributed by atoms with Gasteiger partial charge in [0.2, 0.25) is 5.91 Å². The quantitative estimate of drug-likeness (QED) is 0.746. The highest BCUT2D eigenvalue weighted by Gasteiger charge is 2.31. The molecule has 4 heteroatoms. The molecule has 0 atom stereocenters. The van der Waals surface area contributed by atoms with E-state index >= 15 is 0 Å². The van der Waals surface area contributed by atoms with Gasteiger partial charge in [0.15, 0.2) is 0 Å². The van der Waals surface area contributed by atoms with E-state index in [1.807, 2.05) is 11.0 Å². The van der Waals surface area contributed by atoms with Gasteiger partial charge in [0.1, 0.15) is 0 Å². The van der Waals surface area contributed by atoms with Gasteiger partial charge in [0, 0.05) is 31.0 Å². The molecule has 1 aliphatic rings. The highest BCUT2D eigenvalue weighted by Crippen LogP contribution is 2.27. The van der Waals surface area contributed by atoms with Crippen LogP contribution in [0.5, 0.6) is 0 Å². The van der Waals surface area contributed by atoms with E-state index in [0.29, 0.717) is 19.1 Å². The number of amides is 1. The molecule has 1 amide bonds. The summed E-state index contributed by atoms with van der Waals surface area (Å²) < 4.78 is 5.06. The van der Waals surface area contributed by atoms with Crippen LogP contribution in [-0.4, -0.2) is 37.1 Å². The van der Waals surface area contributed by atoms with E-state index < -0.39 is 0 Å². The third kappa shape index (κ3) is 3.82. The summed E-state index contributed by atoms with van der Waals surface area (Å²) in [6.45, 7) is 1.38. The molecular weight excluding hydrogens is 234 g/mol. The summed E-state index contributed by atoms with van der Waals surface area (Å²) in [6, 6.07) is 4.61. The number of hydrogen-bond donors (Lipinski definition) is 0. The molecule has 17 heavy (non-hydrogen) atoms. The minimum atomic E-state index is 0.276. The Bertz CT molecular complexity index is 346. The molecular formula is C13H19NO2S. The van der Waals surface area contributed by atoms with E-state index in [4.69, 9.17) is 4.74 Å². The maximum absolute atomic E-state index is 12.1. The molecule has 1 saturated carbocycles. The van der Waals surface area contributed by atoms with Crippen molar-refractivity contribution in [3.63, 3.8) is 0 Å². The lowest BCUT2D eigenvalue weighted by Crippen LogP contribution is -2.35. The SMILES string of the molecule is COCCN(C(=O)CCc1cccs1)C1CC1. The number of hydrogen-bond acceptors (Lipinski definition) is 3. The Kier molecular flexibility index (Phi) is 4.57. The fourth-order valence-corrected chi connectivity index (χ4v) is 2.62. The third-order valence-corrected chi connectivity index (χ3v) is 3.95. The van der Waals surface area contributed by atoms with Crippen molar-refractivity contribution in [1.82, 2.24) is 4.90 Å². The second kappa shape index (κ2) is 6.17. The second-order valence-corrected chi connectivity index (χ2v) is 5.42. The summed E-state index contributed by atoms with van der Waals surface area (Å²) in [5.41, 5.74) is 0. The molecule has 3 nitrogen and oxygen atoms in total. The van der Waals surface area contributed by atoms with E-state index in [0.717, 1.165) is 25.8 Å². The smallest absolute Gasteiger partial charge is 0.223 e. The monoisotopic (exact) mass is 253 g/mol. The van der Waals surface area contributed by atoms with Crippen molar-refractivity contribution in [3.05, 3.63) is 22.4 Å². The molecule has 0 bridgehead atoms. The summed E-state index contributed by atoms with van der Waals surface area (Å²) in [6.07, 6.45) is 3.82. The predicted octanol–water partition coefficient (Wildman–Crippen LogP) is 2.32. The Morgan fingerprint density at radius 3 is 3.00 bits per heavy atom. The van der Waals surface area contributed by atoms with Gasteiger partial charge < -0.3 is 9.64 Å². The molecule has 1 fully saturated rings. The van der Waals surface area contributed by atoms with Gasteiger partial charge in [-0.25, -0.2) is 0 Å². The van der Waals surface area contributed by atoms with Crippen LogP contribution < -0.4 is 0 Å². The van der Waals surface area contributed by atoms with Gasteiger partial charge in [0.25, 0.3) is 0 Å². The third-order valence-electron chi connectivity index (χ3n) is 3.01. The zero-order chi connectivity index (χ0) is 12.1. The van der Waals surface area contributed by atoms with E-state index in [-0.39, 0.29) is 5.91 Å². The molecule has 0 saturated heterocycles. The maximum atomic E-state index is 12.1. The zero-order valence-electron chi connectivity index (χ0n) is 10.2. The molecule has 0 radical (unpaired) electrons. The van der Waals surface area contributed by atoms with Crippen molar-refractivity contribution in [2.75, 3.05) is 20.3 Å². The molecule has 2 rings (SSSR count). The van der Waals surface area contributed by atoms with Gasteiger partial charge in [-0.1, -0.05) is 6.07 Å². The summed E-state index contributed by atoms with van der Waals surface area (Å²) in [4.78, 5) is 15.4. The fourth-order valence-electron chi connectivity index (χ4n) is 1.92. The minimum absolute atomic E-state index is 0.276. The molecule has 1 aromatic rings. The van der Waals surface area contributed by atoms with E-state index in [9.17, 15) is 4.79 Å². The molecule has 94 valence electrons. The van der Waals surface area contributed by atoms with Crippen molar-refractivity contribution in [2.24, 2.45) is 0 Å². The average molecular weight is 253 g/mol. The molecule has 1 heterocycles. The summed E-state index contributed by atoms with van der Waals surface area (Å²) in [7, 11) is 1.68. The summed E-state index contributed by atoms with van der Waals surface area (Å²) in [5.74, 6) is 0.276. The average Bonchev–Trinajstić information content (AvgIpc) is 3.03. The first-order valence-electron chi connectivity index (χ1n) is 6.12. The van der Waals surface area contributed by atoms with Gasteiger partial charge in [-0.2, -0.15) is 0 Å². The van der Waals surface area contributed by atoms with Crippen LogP contribution in [0.15, 0.2) is 17.5 Å². The van der Waals surface area contributed by atoms with Crippen LogP contribution in [0.4, 0.5) is 0 Å². The summed E-state index contributed by atoms with van der Waals surface area (Å²) >= 11 is 1.72. The number of aryl methyl sites for hydroxylation is 1. The predicted molar refractivity (Wildman–Crippen MR) is 69.3 cm³/mol. The normalized spacial score (nSPS) is 14.9. The number of carbonyl (C=O) groups excluding carboxylic acids is 1. The first kappa shape index (κ1) is 12.6. The van der Waals surface area contributed by atoms with Crippen LogP contribution in [0.3, 0.4) is 0 Å². The lowest BCUT2D eigenvalue weighted by Gasteiger charge is -2.21. The topological polar surface area (TPSA) is 29.5 Å². The molecule has 0 spiro atoms. The first-order chi connectivity index (χ1) is 8.31. The van der Waals surface area contributed by atoms with Crippen LogP contribution in [0.1, 0.15) is 24.1 Å². The lowest BCUT2D eigenvalue weighted by molar-refractivity contribution is -0.132. The Hall–Kier alpha value is -0.870. The number of rotatable bonds is 7. The second-order valence-electron chi connectivity index (χ2n) is 4.39. The van der Waals surface area contributed by atoms with Gasteiger partial charge in [0.05, 0.1) is 6.61 Å². The van der Waals surface area contributed by atoms with Crippen molar-refractivity contribution < 1.29 is 9.53 Å². The van der Waals surface area contributed by atoms with Crippen LogP contribution in [0.2, 0.25) is 0 Å². The number of nitrogens with zero attached hydrogens (tertiary/aromatic N) is 1. The standard InChI is InChI=1S/C13H19NO2S/c1-16-9-8-14(11-4-5-11)13(15)7-6-12-3-2-10-17-12/h2-3,10-11H,4-9H2,1H3. The summed E-state index contributed by atoms with van der Waals surface area (Å²) in [5, 5.41) is 2.06. The Labute approximate surface area is 106 Å². The van der Waals surface area contributed by atoms with Crippen LogP contribution in [-0.2, 0) is 16.0 Å². The van der Waals surface area contributed by atoms with E-state index in [1.165, 1.54) is 4.88 Å². The van der Waals surface area contributed by atoms with Gasteiger partial charge >= 0.3 is 0 Å². The maximum Gasteiger partial charge on any atom is 0.223 e. The van der Waals surface area contributed by atoms with Crippen LogP contribution >= 0.6 is 11.3 Å². The van der Waals surface area contributed by atoms with Crippen LogP contribution in [0, 0.1) is 0 Å².